The van der Waals surface area contributed by atoms with Crippen molar-refractivity contribution in [2.75, 3.05) is 18.1 Å². The summed E-state index contributed by atoms with van der Waals surface area (Å²) in [4.78, 5) is 29.2. The Morgan fingerprint density at radius 2 is 2.04 bits per heavy atom. The molecule has 8 heteroatoms. The summed E-state index contributed by atoms with van der Waals surface area (Å²) in [6.07, 6.45) is 6.86. The van der Waals surface area contributed by atoms with Crippen LogP contribution in [0.25, 0.3) is 0 Å². The van der Waals surface area contributed by atoms with E-state index in [4.69, 9.17) is 5.73 Å². The maximum absolute atomic E-state index is 11.1. The number of aliphatic hydroxyl groups is 1. The maximum Gasteiger partial charge on any atom is 0.252 e. The van der Waals surface area contributed by atoms with Crippen LogP contribution in [-0.2, 0) is 0 Å². The molecule has 128 valence electrons. The Kier molecular flexibility index (Phi) is 6.14. The minimum Gasteiger partial charge on any atom is -0.394 e. The summed E-state index contributed by atoms with van der Waals surface area (Å²) in [7, 11) is 0. The molecule has 0 radical (unpaired) electrons. The molecule has 1 aliphatic heterocycles. The summed E-state index contributed by atoms with van der Waals surface area (Å²) in [5, 5.41) is 9.24. The largest absolute Gasteiger partial charge is 0.394 e. The molecule has 2 aromatic heterocycles. The van der Waals surface area contributed by atoms with Crippen LogP contribution >= 0.6 is 0 Å². The molecule has 1 unspecified atom stereocenters. The number of aromatic nitrogens is 4. The number of anilines is 1. The van der Waals surface area contributed by atoms with Crippen LogP contribution in [0.4, 0.5) is 5.95 Å². The standard InChI is InChI=1S/C11H16N4O2.C5H6N2/c1-7-9(10(12)17)5-13-11(14-7)15-4-2-3-8(15)6-16;1-5-6-3-2-4-7-5/h5,8,16H,2-4,6H2,1H3,(H2,12,17);2-4H,1H3. The molecule has 1 aliphatic rings. The Bertz CT molecular complexity index is 680. The van der Waals surface area contributed by atoms with Crippen LogP contribution in [0.5, 0.6) is 0 Å². The van der Waals surface area contributed by atoms with E-state index in [1.54, 1.807) is 25.4 Å². The van der Waals surface area contributed by atoms with Gasteiger partial charge in [-0.3, -0.25) is 4.79 Å². The van der Waals surface area contributed by atoms with Crippen LogP contribution < -0.4 is 10.6 Å². The fraction of sp³-hybridized carbons (Fsp3) is 0.438. The summed E-state index contributed by atoms with van der Waals surface area (Å²) in [5.74, 6) is 0.862. The van der Waals surface area contributed by atoms with E-state index >= 15 is 0 Å². The molecular weight excluding hydrogens is 308 g/mol. The lowest BCUT2D eigenvalue weighted by Crippen LogP contribution is -2.33. The van der Waals surface area contributed by atoms with E-state index in [0.29, 0.717) is 17.2 Å². The van der Waals surface area contributed by atoms with Crippen LogP contribution in [0.3, 0.4) is 0 Å². The summed E-state index contributed by atoms with van der Waals surface area (Å²) in [6, 6.07) is 1.88. The summed E-state index contributed by atoms with van der Waals surface area (Å²) in [6.45, 7) is 4.52. The smallest absolute Gasteiger partial charge is 0.252 e. The van der Waals surface area contributed by atoms with E-state index in [1.165, 1.54) is 6.20 Å². The second-order valence-corrected chi connectivity index (χ2v) is 5.50. The highest BCUT2D eigenvalue weighted by Crippen LogP contribution is 2.22. The average Bonchev–Trinajstić information content (AvgIpc) is 3.04. The van der Waals surface area contributed by atoms with Gasteiger partial charge in [-0.15, -0.1) is 0 Å². The van der Waals surface area contributed by atoms with Crippen molar-refractivity contribution in [3.05, 3.63) is 41.7 Å². The van der Waals surface area contributed by atoms with Crippen molar-refractivity contribution in [2.45, 2.75) is 32.7 Å². The van der Waals surface area contributed by atoms with Crippen LogP contribution in [0, 0.1) is 13.8 Å². The van der Waals surface area contributed by atoms with Crippen LogP contribution in [0.1, 0.15) is 34.7 Å². The maximum atomic E-state index is 11.1. The molecule has 1 fully saturated rings. The van der Waals surface area contributed by atoms with Gasteiger partial charge in [0.05, 0.1) is 23.9 Å². The first kappa shape index (κ1) is 17.7. The summed E-state index contributed by atoms with van der Waals surface area (Å²) < 4.78 is 0. The molecule has 3 rings (SSSR count). The monoisotopic (exact) mass is 330 g/mol. The highest BCUT2D eigenvalue weighted by molar-refractivity contribution is 5.93. The molecule has 3 N–H and O–H groups in total. The predicted octanol–water partition coefficient (Wildman–Crippen LogP) is 0.630. The zero-order chi connectivity index (χ0) is 17.5. The molecule has 0 spiro atoms. The second kappa shape index (κ2) is 8.30. The van der Waals surface area contributed by atoms with Gasteiger partial charge in [-0.25, -0.2) is 19.9 Å². The number of amides is 1. The minimum atomic E-state index is -0.519. The molecule has 1 amide bonds. The van der Waals surface area contributed by atoms with Crippen molar-refractivity contribution in [2.24, 2.45) is 5.73 Å². The fourth-order valence-corrected chi connectivity index (χ4v) is 2.50. The van der Waals surface area contributed by atoms with E-state index in [2.05, 4.69) is 19.9 Å². The van der Waals surface area contributed by atoms with Gasteiger partial charge in [-0.1, -0.05) is 0 Å². The SMILES string of the molecule is Cc1nc(N2CCCC2CO)ncc1C(N)=O.Cc1ncccn1. The number of hydrogen-bond acceptors (Lipinski definition) is 7. The molecule has 1 atom stereocenters. The van der Waals surface area contributed by atoms with E-state index < -0.39 is 5.91 Å². The van der Waals surface area contributed by atoms with E-state index in [0.717, 1.165) is 25.2 Å². The van der Waals surface area contributed by atoms with Crippen molar-refractivity contribution in [3.63, 3.8) is 0 Å². The summed E-state index contributed by atoms with van der Waals surface area (Å²) >= 11 is 0. The van der Waals surface area contributed by atoms with Gasteiger partial charge in [0.25, 0.3) is 5.91 Å². The molecule has 8 nitrogen and oxygen atoms in total. The molecule has 0 aliphatic carbocycles. The Hall–Kier alpha value is -2.61. The average molecular weight is 330 g/mol. The van der Waals surface area contributed by atoms with Gasteiger partial charge in [-0.05, 0) is 32.8 Å². The van der Waals surface area contributed by atoms with E-state index in [1.807, 2.05) is 11.8 Å². The van der Waals surface area contributed by atoms with Crippen molar-refractivity contribution in [1.82, 2.24) is 19.9 Å². The lowest BCUT2D eigenvalue weighted by Gasteiger charge is -2.23. The highest BCUT2D eigenvalue weighted by Gasteiger charge is 2.26. The van der Waals surface area contributed by atoms with Gasteiger partial charge in [0.1, 0.15) is 5.82 Å². The van der Waals surface area contributed by atoms with Crippen molar-refractivity contribution in [1.29, 1.82) is 0 Å². The molecule has 2 aromatic rings. The molecule has 3 heterocycles. The lowest BCUT2D eigenvalue weighted by atomic mass is 10.2. The Balaban J connectivity index is 0.000000249. The normalized spacial score (nSPS) is 16.5. The lowest BCUT2D eigenvalue weighted by molar-refractivity contribution is 0.0999. The number of nitrogens with two attached hydrogens (primary N) is 1. The van der Waals surface area contributed by atoms with Gasteiger partial charge in [0.15, 0.2) is 0 Å². The zero-order valence-corrected chi connectivity index (χ0v) is 13.9. The topological polar surface area (TPSA) is 118 Å². The van der Waals surface area contributed by atoms with Crippen LogP contribution in [0.15, 0.2) is 24.7 Å². The number of aryl methyl sites for hydroxylation is 2. The number of carbonyl (C=O) groups is 1. The van der Waals surface area contributed by atoms with Gasteiger partial charge in [0, 0.05) is 25.1 Å². The van der Waals surface area contributed by atoms with Crippen molar-refractivity contribution in [3.8, 4) is 0 Å². The first-order valence-corrected chi connectivity index (χ1v) is 7.77. The summed E-state index contributed by atoms with van der Waals surface area (Å²) in [5.41, 5.74) is 6.12. The number of aliphatic hydroxyl groups excluding tert-OH is 1. The van der Waals surface area contributed by atoms with Gasteiger partial charge >= 0.3 is 0 Å². The van der Waals surface area contributed by atoms with E-state index in [-0.39, 0.29) is 12.6 Å². The fourth-order valence-electron chi connectivity index (χ4n) is 2.50. The number of nitrogens with zero attached hydrogens (tertiary/aromatic N) is 5. The zero-order valence-electron chi connectivity index (χ0n) is 13.9. The quantitative estimate of drug-likeness (QED) is 0.847. The minimum absolute atomic E-state index is 0.0776. The molecule has 1 saturated heterocycles. The molecule has 0 saturated carbocycles. The molecule has 0 aromatic carbocycles. The number of carbonyl (C=O) groups excluding carboxylic acids is 1. The third-order valence-electron chi connectivity index (χ3n) is 3.77. The molecular formula is C16H22N6O2. The van der Waals surface area contributed by atoms with Gasteiger partial charge < -0.3 is 15.7 Å². The number of primary amides is 1. The Morgan fingerprint density at radius 3 is 2.54 bits per heavy atom. The predicted molar refractivity (Wildman–Crippen MR) is 89.5 cm³/mol. The number of hydrogen-bond donors (Lipinski definition) is 2. The Morgan fingerprint density at radius 1 is 1.33 bits per heavy atom. The highest BCUT2D eigenvalue weighted by atomic mass is 16.3. The van der Waals surface area contributed by atoms with Crippen molar-refractivity contribution < 1.29 is 9.90 Å². The van der Waals surface area contributed by atoms with Crippen LogP contribution in [-0.4, -0.2) is 50.1 Å². The third kappa shape index (κ3) is 4.45. The van der Waals surface area contributed by atoms with Crippen molar-refractivity contribution >= 4 is 11.9 Å². The Labute approximate surface area is 140 Å². The van der Waals surface area contributed by atoms with Crippen LogP contribution in [0.2, 0.25) is 0 Å². The first-order valence-electron chi connectivity index (χ1n) is 7.77. The number of rotatable bonds is 3. The molecule has 24 heavy (non-hydrogen) atoms. The third-order valence-corrected chi connectivity index (χ3v) is 3.77. The molecule has 0 bridgehead atoms. The second-order valence-electron chi connectivity index (χ2n) is 5.50. The van der Waals surface area contributed by atoms with Gasteiger partial charge in [0.2, 0.25) is 5.95 Å². The van der Waals surface area contributed by atoms with Gasteiger partial charge in [-0.2, -0.15) is 0 Å². The first-order chi connectivity index (χ1) is 11.5. The van der Waals surface area contributed by atoms with E-state index in [9.17, 15) is 9.90 Å².